The van der Waals surface area contributed by atoms with Gasteiger partial charge in [-0.05, 0) is 43.3 Å². The number of hydrogen-bond acceptors (Lipinski definition) is 3. The van der Waals surface area contributed by atoms with E-state index in [1.165, 1.54) is 24.3 Å². The molecule has 0 aliphatic rings. The summed E-state index contributed by atoms with van der Waals surface area (Å²) < 4.78 is 18.5. The van der Waals surface area contributed by atoms with E-state index in [0.717, 1.165) is 5.56 Å². The molecule has 0 radical (unpaired) electrons. The molecule has 6 heteroatoms. The summed E-state index contributed by atoms with van der Waals surface area (Å²) in [6, 6.07) is 14.7. The maximum Gasteiger partial charge on any atom is 0.319 e. The maximum absolute atomic E-state index is 12.8. The van der Waals surface area contributed by atoms with Crippen LogP contribution in [0.25, 0.3) is 11.5 Å². The summed E-state index contributed by atoms with van der Waals surface area (Å²) in [5.41, 5.74) is 2.04. The fourth-order valence-electron chi connectivity index (χ4n) is 2.17. The van der Waals surface area contributed by atoms with Crippen LogP contribution in [-0.2, 0) is 6.54 Å². The third kappa shape index (κ3) is 3.78. The van der Waals surface area contributed by atoms with Gasteiger partial charge >= 0.3 is 6.03 Å². The Hall–Kier alpha value is -3.15. The summed E-state index contributed by atoms with van der Waals surface area (Å²) in [7, 11) is 0. The molecule has 0 aliphatic heterocycles. The second-order valence-corrected chi connectivity index (χ2v) is 5.20. The first-order chi connectivity index (χ1) is 11.6. The molecule has 0 spiro atoms. The standard InChI is InChI=1S/C18H16FN3O2/c1-12-16(22-17(24-12)13-5-3-2-4-6-13)11-20-18(23)21-15-9-7-14(19)8-10-15/h2-10H,11H2,1H3,(H2,20,21,23). The molecular formula is C18H16FN3O2. The van der Waals surface area contributed by atoms with Gasteiger partial charge in [-0.15, -0.1) is 0 Å². The van der Waals surface area contributed by atoms with Crippen LogP contribution in [0.1, 0.15) is 11.5 Å². The summed E-state index contributed by atoms with van der Waals surface area (Å²) in [4.78, 5) is 16.3. The number of anilines is 1. The normalized spacial score (nSPS) is 10.4. The molecule has 3 rings (SSSR count). The summed E-state index contributed by atoms with van der Waals surface area (Å²) in [6.07, 6.45) is 0. The van der Waals surface area contributed by atoms with Gasteiger partial charge in [-0.3, -0.25) is 0 Å². The Balaban J connectivity index is 1.61. The Morgan fingerprint density at radius 1 is 1.12 bits per heavy atom. The van der Waals surface area contributed by atoms with Crippen LogP contribution in [0.5, 0.6) is 0 Å². The van der Waals surface area contributed by atoms with Crippen molar-refractivity contribution in [2.24, 2.45) is 0 Å². The fourth-order valence-corrected chi connectivity index (χ4v) is 2.17. The second kappa shape index (κ2) is 6.95. The van der Waals surface area contributed by atoms with Gasteiger partial charge in [-0.25, -0.2) is 14.2 Å². The molecule has 0 aliphatic carbocycles. The number of halogens is 1. The van der Waals surface area contributed by atoms with E-state index in [1.807, 2.05) is 30.3 Å². The van der Waals surface area contributed by atoms with Crippen molar-refractivity contribution in [1.82, 2.24) is 10.3 Å². The summed E-state index contributed by atoms with van der Waals surface area (Å²) in [5, 5.41) is 5.32. The first kappa shape index (κ1) is 15.7. The van der Waals surface area contributed by atoms with Gasteiger partial charge in [-0.1, -0.05) is 18.2 Å². The van der Waals surface area contributed by atoms with Crippen molar-refractivity contribution in [3.63, 3.8) is 0 Å². The van der Waals surface area contributed by atoms with Crippen LogP contribution >= 0.6 is 0 Å². The zero-order valence-corrected chi connectivity index (χ0v) is 13.0. The molecule has 0 saturated carbocycles. The van der Waals surface area contributed by atoms with E-state index >= 15 is 0 Å². The zero-order chi connectivity index (χ0) is 16.9. The van der Waals surface area contributed by atoms with Crippen LogP contribution in [-0.4, -0.2) is 11.0 Å². The molecule has 1 heterocycles. The van der Waals surface area contributed by atoms with E-state index < -0.39 is 6.03 Å². The summed E-state index contributed by atoms with van der Waals surface area (Å²) in [5.74, 6) is 0.812. The van der Waals surface area contributed by atoms with E-state index in [-0.39, 0.29) is 12.4 Å². The Morgan fingerprint density at radius 3 is 2.54 bits per heavy atom. The summed E-state index contributed by atoms with van der Waals surface area (Å²) >= 11 is 0. The number of nitrogens with zero attached hydrogens (tertiary/aromatic N) is 1. The largest absolute Gasteiger partial charge is 0.441 e. The first-order valence-electron chi connectivity index (χ1n) is 7.44. The average molecular weight is 325 g/mol. The Kier molecular flexibility index (Phi) is 4.56. The van der Waals surface area contributed by atoms with Crippen molar-refractivity contribution in [2.75, 3.05) is 5.32 Å². The summed E-state index contributed by atoms with van der Waals surface area (Å²) in [6.45, 7) is 2.03. The number of carbonyl (C=O) groups is 1. The van der Waals surface area contributed by atoms with Crippen molar-refractivity contribution >= 4 is 11.7 Å². The van der Waals surface area contributed by atoms with Crippen LogP contribution in [0.4, 0.5) is 14.9 Å². The average Bonchev–Trinajstić information content (AvgIpc) is 2.97. The van der Waals surface area contributed by atoms with Gasteiger partial charge in [0.25, 0.3) is 0 Å². The van der Waals surface area contributed by atoms with Crippen molar-refractivity contribution in [1.29, 1.82) is 0 Å². The molecule has 2 amide bonds. The number of carbonyl (C=O) groups excluding carboxylic acids is 1. The van der Waals surface area contributed by atoms with Crippen LogP contribution in [0.15, 0.2) is 59.0 Å². The van der Waals surface area contributed by atoms with Gasteiger partial charge in [0.15, 0.2) is 0 Å². The highest BCUT2D eigenvalue weighted by Crippen LogP contribution is 2.21. The van der Waals surface area contributed by atoms with E-state index in [4.69, 9.17) is 4.42 Å². The minimum atomic E-state index is -0.398. The number of nitrogens with one attached hydrogen (secondary N) is 2. The monoisotopic (exact) mass is 325 g/mol. The molecule has 0 bridgehead atoms. The zero-order valence-electron chi connectivity index (χ0n) is 13.0. The molecule has 2 aromatic carbocycles. The van der Waals surface area contributed by atoms with E-state index in [0.29, 0.717) is 23.0 Å². The molecule has 2 N–H and O–H groups in total. The molecule has 3 aromatic rings. The number of urea groups is 1. The fraction of sp³-hybridized carbons (Fsp3) is 0.111. The third-order valence-electron chi connectivity index (χ3n) is 3.43. The van der Waals surface area contributed by atoms with Gasteiger partial charge < -0.3 is 15.1 Å². The minimum Gasteiger partial charge on any atom is -0.441 e. The lowest BCUT2D eigenvalue weighted by molar-refractivity contribution is 0.251. The van der Waals surface area contributed by atoms with Gasteiger partial charge in [-0.2, -0.15) is 0 Å². The molecule has 24 heavy (non-hydrogen) atoms. The Morgan fingerprint density at radius 2 is 1.83 bits per heavy atom. The Bertz CT molecular complexity index is 829. The van der Waals surface area contributed by atoms with Crippen LogP contribution < -0.4 is 10.6 Å². The predicted molar refractivity (Wildman–Crippen MR) is 88.9 cm³/mol. The number of hydrogen-bond donors (Lipinski definition) is 2. The van der Waals surface area contributed by atoms with Gasteiger partial charge in [0.1, 0.15) is 17.3 Å². The van der Waals surface area contributed by atoms with Crippen molar-refractivity contribution in [3.05, 3.63) is 71.9 Å². The predicted octanol–water partition coefficient (Wildman–Crippen LogP) is 4.11. The van der Waals surface area contributed by atoms with Crippen LogP contribution in [0.2, 0.25) is 0 Å². The van der Waals surface area contributed by atoms with E-state index in [1.54, 1.807) is 6.92 Å². The number of rotatable bonds is 4. The van der Waals surface area contributed by atoms with E-state index in [2.05, 4.69) is 15.6 Å². The highest BCUT2D eigenvalue weighted by atomic mass is 19.1. The SMILES string of the molecule is Cc1oc(-c2ccccc2)nc1CNC(=O)Nc1ccc(F)cc1. The third-order valence-corrected chi connectivity index (χ3v) is 3.43. The van der Waals surface area contributed by atoms with Gasteiger partial charge in [0.05, 0.1) is 6.54 Å². The van der Waals surface area contributed by atoms with Gasteiger partial charge in [0.2, 0.25) is 5.89 Å². The van der Waals surface area contributed by atoms with Crippen LogP contribution in [0.3, 0.4) is 0 Å². The lowest BCUT2D eigenvalue weighted by atomic mass is 10.2. The van der Waals surface area contributed by atoms with Crippen LogP contribution in [0, 0.1) is 12.7 Å². The van der Waals surface area contributed by atoms with E-state index in [9.17, 15) is 9.18 Å². The van der Waals surface area contributed by atoms with Crippen molar-refractivity contribution < 1.29 is 13.6 Å². The minimum absolute atomic E-state index is 0.231. The number of aromatic nitrogens is 1. The molecule has 0 unspecified atom stereocenters. The number of benzene rings is 2. The molecule has 0 saturated heterocycles. The molecule has 0 atom stereocenters. The lowest BCUT2D eigenvalue weighted by Gasteiger charge is -2.06. The first-order valence-corrected chi connectivity index (χ1v) is 7.44. The maximum atomic E-state index is 12.8. The highest BCUT2D eigenvalue weighted by Gasteiger charge is 2.12. The molecule has 1 aromatic heterocycles. The quantitative estimate of drug-likeness (QED) is 0.758. The smallest absolute Gasteiger partial charge is 0.319 e. The molecular weight excluding hydrogens is 309 g/mol. The van der Waals surface area contributed by atoms with Crippen molar-refractivity contribution in [3.8, 4) is 11.5 Å². The highest BCUT2D eigenvalue weighted by molar-refractivity contribution is 5.89. The number of amides is 2. The number of oxazole rings is 1. The Labute approximate surface area is 138 Å². The second-order valence-electron chi connectivity index (χ2n) is 5.20. The van der Waals surface area contributed by atoms with Gasteiger partial charge in [0, 0.05) is 11.3 Å². The molecule has 0 fully saturated rings. The molecule has 5 nitrogen and oxygen atoms in total. The molecule has 122 valence electrons. The van der Waals surface area contributed by atoms with Crippen molar-refractivity contribution in [2.45, 2.75) is 13.5 Å². The lowest BCUT2D eigenvalue weighted by Crippen LogP contribution is -2.28. The number of aryl methyl sites for hydroxylation is 1. The topological polar surface area (TPSA) is 67.2 Å².